The fourth-order valence-corrected chi connectivity index (χ4v) is 3.05. The fourth-order valence-electron chi connectivity index (χ4n) is 3.05. The molecule has 1 amide bonds. The summed E-state index contributed by atoms with van der Waals surface area (Å²) in [6, 6.07) is 9.38. The average molecular weight is 468 g/mol. The van der Waals surface area contributed by atoms with E-state index in [4.69, 9.17) is 4.74 Å². The zero-order valence-corrected chi connectivity index (χ0v) is 17.7. The number of carbonyl (C=O) groups is 4. The largest absolute Gasteiger partial charge is 0.495 e. The highest BCUT2D eigenvalue weighted by molar-refractivity contribution is 6.52. The highest BCUT2D eigenvalue weighted by Gasteiger charge is 2.40. The zero-order valence-electron chi connectivity index (χ0n) is 17.7. The molecule has 3 aromatic rings. The second-order valence-electron chi connectivity index (χ2n) is 6.72. The van der Waals surface area contributed by atoms with Gasteiger partial charge in [0.2, 0.25) is 5.78 Å². The van der Waals surface area contributed by atoms with Crippen LogP contribution in [-0.2, 0) is 23.9 Å². The number of Topliss-reactive ketones (excluding diaryl/α,β-unsaturated/α-hetero) is 2. The Morgan fingerprint density at radius 1 is 1.09 bits per heavy atom. The van der Waals surface area contributed by atoms with Gasteiger partial charge in [-0.15, -0.1) is 0 Å². The number of methoxy groups -OCH3 is 2. The van der Waals surface area contributed by atoms with Crippen LogP contribution in [0.15, 0.2) is 47.3 Å². The molecule has 3 rings (SSSR count). The van der Waals surface area contributed by atoms with E-state index in [9.17, 15) is 34.1 Å². The number of carbonyl (C=O) groups excluding carboxylic acids is 4. The first kappa shape index (κ1) is 23.7. The number of nitrogens with one attached hydrogen (secondary N) is 2. The highest BCUT2D eigenvalue weighted by atomic mass is 16.6. The molecule has 0 bridgehead atoms. The van der Waals surface area contributed by atoms with Crippen molar-refractivity contribution in [3.8, 4) is 5.75 Å². The number of ether oxygens (including phenoxy) is 2. The predicted octanol–water partition coefficient (Wildman–Crippen LogP) is 0.873. The van der Waals surface area contributed by atoms with Gasteiger partial charge in [0.1, 0.15) is 17.4 Å². The number of hydrogen-bond acceptors (Lipinski definition) is 10. The summed E-state index contributed by atoms with van der Waals surface area (Å²) in [5.41, 5.74) is -2.18. The van der Waals surface area contributed by atoms with Crippen LogP contribution in [0, 0.1) is 10.1 Å². The summed E-state index contributed by atoms with van der Waals surface area (Å²) in [6.45, 7) is 0. The summed E-state index contributed by atoms with van der Waals surface area (Å²) in [6.07, 6.45) is 0. The first-order valence-electron chi connectivity index (χ1n) is 9.46. The lowest BCUT2D eigenvalue weighted by atomic mass is 9.94. The van der Waals surface area contributed by atoms with Crippen LogP contribution in [0.1, 0.15) is 11.6 Å². The zero-order chi connectivity index (χ0) is 25.0. The standard InChI is InChI=1S/C21H16N4O9/c1-33-14-6-4-3-5-12(14)23-20(29)17(26)15(18(27)21(30)34-2)16-19(28)24-13-9-10(25(31)32)7-8-11(13)22-16/h3-9,15H,1-2H3,(H,23,29)(H,24,28). The van der Waals surface area contributed by atoms with Gasteiger partial charge in [0.25, 0.3) is 22.9 Å². The third kappa shape index (κ3) is 4.62. The molecule has 0 aliphatic heterocycles. The number of hydrogen-bond donors (Lipinski definition) is 2. The minimum atomic E-state index is -2.23. The monoisotopic (exact) mass is 468 g/mol. The molecular weight excluding hydrogens is 452 g/mol. The molecule has 34 heavy (non-hydrogen) atoms. The number of para-hydroxylation sites is 2. The SMILES string of the molecule is COC(=O)C(=O)C(C(=O)C(=O)Nc1ccccc1OC)c1nc2ccc([N+](=O)[O-])cc2[nH]c1=O. The molecule has 0 aliphatic carbocycles. The number of amides is 1. The van der Waals surface area contributed by atoms with Crippen LogP contribution in [0.2, 0.25) is 0 Å². The van der Waals surface area contributed by atoms with Crippen molar-refractivity contribution in [2.45, 2.75) is 5.92 Å². The van der Waals surface area contributed by atoms with Gasteiger partial charge in [-0.05, 0) is 18.2 Å². The third-order valence-corrected chi connectivity index (χ3v) is 4.68. The lowest BCUT2D eigenvalue weighted by Crippen LogP contribution is -2.39. The van der Waals surface area contributed by atoms with Crippen LogP contribution in [0.25, 0.3) is 11.0 Å². The Balaban J connectivity index is 2.08. The van der Waals surface area contributed by atoms with Crippen molar-refractivity contribution in [1.29, 1.82) is 0 Å². The molecule has 2 aromatic carbocycles. The third-order valence-electron chi connectivity index (χ3n) is 4.68. The van der Waals surface area contributed by atoms with E-state index < -0.39 is 45.5 Å². The smallest absolute Gasteiger partial charge is 0.375 e. The van der Waals surface area contributed by atoms with Gasteiger partial charge in [-0.25, -0.2) is 9.78 Å². The summed E-state index contributed by atoms with van der Waals surface area (Å²) in [7, 11) is 2.22. The number of nitrogens with zero attached hydrogens (tertiary/aromatic N) is 2. The summed E-state index contributed by atoms with van der Waals surface area (Å²) in [5.74, 6) is -7.78. The summed E-state index contributed by atoms with van der Waals surface area (Å²) in [5, 5.41) is 13.2. The molecule has 1 aromatic heterocycles. The molecule has 0 fully saturated rings. The van der Waals surface area contributed by atoms with Crippen LogP contribution in [0.5, 0.6) is 5.75 Å². The van der Waals surface area contributed by atoms with Gasteiger partial charge in [-0.1, -0.05) is 12.1 Å². The maximum atomic E-state index is 13.0. The number of H-pyrrole nitrogens is 1. The van der Waals surface area contributed by atoms with E-state index in [0.717, 1.165) is 19.2 Å². The average Bonchev–Trinajstić information content (AvgIpc) is 2.83. The van der Waals surface area contributed by atoms with E-state index in [1.54, 1.807) is 12.1 Å². The number of nitro benzene ring substituents is 1. The molecule has 2 N–H and O–H groups in total. The van der Waals surface area contributed by atoms with Gasteiger partial charge in [0, 0.05) is 12.1 Å². The fraction of sp³-hybridized carbons (Fsp3) is 0.143. The van der Waals surface area contributed by atoms with Gasteiger partial charge in [0.15, 0.2) is 0 Å². The number of nitro groups is 1. The molecular formula is C21H16N4O9. The molecule has 0 saturated heterocycles. The van der Waals surface area contributed by atoms with E-state index in [2.05, 4.69) is 20.0 Å². The highest BCUT2D eigenvalue weighted by Crippen LogP contribution is 2.25. The first-order chi connectivity index (χ1) is 16.2. The number of fused-ring (bicyclic) bond motifs is 1. The van der Waals surface area contributed by atoms with E-state index in [-0.39, 0.29) is 28.2 Å². The van der Waals surface area contributed by atoms with Crippen molar-refractivity contribution >= 4 is 45.9 Å². The second-order valence-corrected chi connectivity index (χ2v) is 6.72. The van der Waals surface area contributed by atoms with E-state index in [0.29, 0.717) is 0 Å². The number of benzene rings is 2. The second kappa shape index (κ2) is 9.68. The summed E-state index contributed by atoms with van der Waals surface area (Å²) < 4.78 is 9.45. The van der Waals surface area contributed by atoms with Gasteiger partial charge in [0.05, 0.1) is 35.9 Å². The number of esters is 1. The van der Waals surface area contributed by atoms with Crippen molar-refractivity contribution in [3.05, 3.63) is 68.6 Å². The van der Waals surface area contributed by atoms with Crippen molar-refractivity contribution in [3.63, 3.8) is 0 Å². The van der Waals surface area contributed by atoms with Crippen LogP contribution >= 0.6 is 0 Å². The maximum absolute atomic E-state index is 13.0. The molecule has 0 aliphatic rings. The van der Waals surface area contributed by atoms with Crippen LogP contribution in [0.3, 0.4) is 0 Å². The number of rotatable bonds is 8. The first-order valence-corrected chi connectivity index (χ1v) is 9.46. The van der Waals surface area contributed by atoms with E-state index in [1.165, 1.54) is 25.3 Å². The summed E-state index contributed by atoms with van der Waals surface area (Å²) >= 11 is 0. The Hall–Kier alpha value is -4.94. The number of anilines is 1. The lowest BCUT2D eigenvalue weighted by Gasteiger charge is -2.14. The Labute approximate surface area is 189 Å². The number of aromatic nitrogens is 2. The van der Waals surface area contributed by atoms with Gasteiger partial charge >= 0.3 is 5.97 Å². The van der Waals surface area contributed by atoms with E-state index >= 15 is 0 Å². The molecule has 1 atom stereocenters. The normalized spacial score (nSPS) is 11.4. The van der Waals surface area contributed by atoms with Gasteiger partial charge in [-0.2, -0.15) is 0 Å². The van der Waals surface area contributed by atoms with Crippen molar-refractivity contribution in [2.24, 2.45) is 0 Å². The van der Waals surface area contributed by atoms with Crippen LogP contribution in [0.4, 0.5) is 11.4 Å². The maximum Gasteiger partial charge on any atom is 0.375 e. The number of non-ortho nitro benzene ring substituents is 1. The van der Waals surface area contributed by atoms with E-state index in [1.807, 2.05) is 0 Å². The topological polar surface area (TPSA) is 188 Å². The van der Waals surface area contributed by atoms with Crippen molar-refractivity contribution < 1.29 is 33.6 Å². The van der Waals surface area contributed by atoms with Crippen LogP contribution in [-0.4, -0.2) is 52.6 Å². The quantitative estimate of drug-likeness (QED) is 0.158. The molecule has 13 nitrogen and oxygen atoms in total. The summed E-state index contributed by atoms with van der Waals surface area (Å²) in [4.78, 5) is 79.4. The lowest BCUT2D eigenvalue weighted by molar-refractivity contribution is -0.384. The molecule has 0 radical (unpaired) electrons. The number of ketones is 2. The Morgan fingerprint density at radius 3 is 2.44 bits per heavy atom. The molecule has 1 heterocycles. The van der Waals surface area contributed by atoms with Crippen molar-refractivity contribution in [2.75, 3.05) is 19.5 Å². The molecule has 0 saturated carbocycles. The Morgan fingerprint density at radius 2 is 1.79 bits per heavy atom. The van der Waals surface area contributed by atoms with Gasteiger partial charge in [-0.3, -0.25) is 29.3 Å². The van der Waals surface area contributed by atoms with Crippen molar-refractivity contribution in [1.82, 2.24) is 9.97 Å². The Kier molecular flexibility index (Phi) is 6.76. The Bertz CT molecular complexity index is 1400. The predicted molar refractivity (Wildman–Crippen MR) is 115 cm³/mol. The number of aromatic amines is 1. The molecule has 174 valence electrons. The van der Waals surface area contributed by atoms with Crippen LogP contribution < -0.4 is 15.6 Å². The van der Waals surface area contributed by atoms with Gasteiger partial charge < -0.3 is 19.8 Å². The molecule has 13 heteroatoms. The molecule has 1 unspecified atom stereocenters. The minimum absolute atomic E-state index is 0.0270. The molecule has 0 spiro atoms. The minimum Gasteiger partial charge on any atom is -0.495 e.